The molecule has 4 aliphatic rings. The van der Waals surface area contributed by atoms with Crippen molar-refractivity contribution in [3.63, 3.8) is 0 Å². The van der Waals surface area contributed by atoms with E-state index in [9.17, 15) is 19.5 Å². The molecule has 1 unspecified atom stereocenters. The van der Waals surface area contributed by atoms with Crippen molar-refractivity contribution in [3.8, 4) is 0 Å². The van der Waals surface area contributed by atoms with Gasteiger partial charge in [-0.15, -0.1) is 0 Å². The lowest BCUT2D eigenvalue weighted by Crippen LogP contribution is -2.56. The molecule has 37 heavy (non-hydrogen) atoms. The van der Waals surface area contributed by atoms with Crippen molar-refractivity contribution in [1.82, 2.24) is 9.80 Å². The van der Waals surface area contributed by atoms with Crippen LogP contribution in [0.25, 0.3) is 0 Å². The van der Waals surface area contributed by atoms with Gasteiger partial charge in [0, 0.05) is 26.2 Å². The molecule has 1 N–H and O–H groups in total. The number of aliphatic hydroxyl groups excluding tert-OH is 1. The minimum absolute atomic E-state index is 0.0332. The van der Waals surface area contributed by atoms with E-state index < -0.39 is 29.1 Å². The summed E-state index contributed by atoms with van der Waals surface area (Å²) < 4.78 is 6.89. The Balaban J connectivity index is 1.67. The summed E-state index contributed by atoms with van der Waals surface area (Å²) in [6.45, 7) is 6.78. The van der Waals surface area contributed by atoms with Gasteiger partial charge in [0.05, 0.1) is 34.8 Å². The molecule has 198 valence electrons. The number of rotatable bonds is 6. The average Bonchev–Trinajstić information content (AvgIpc) is 3.15. The van der Waals surface area contributed by atoms with E-state index in [4.69, 9.17) is 16.3 Å². The van der Waals surface area contributed by atoms with Gasteiger partial charge in [0.15, 0.2) is 0 Å². The van der Waals surface area contributed by atoms with Gasteiger partial charge in [-0.2, -0.15) is 0 Å². The second-order valence-corrected chi connectivity index (χ2v) is 10.7. The normalized spacial score (nSPS) is 32.9. The van der Waals surface area contributed by atoms with Gasteiger partial charge in [-0.3, -0.25) is 14.4 Å². The molecule has 0 saturated carbocycles. The second kappa shape index (κ2) is 9.57. The van der Waals surface area contributed by atoms with Gasteiger partial charge in [-0.1, -0.05) is 61.9 Å². The number of halogens is 1. The number of carbonyl (C=O) groups is 3. The maximum atomic E-state index is 14.4. The largest absolute Gasteiger partial charge is 0.395 e. The number of carbonyl (C=O) groups excluding carboxylic acids is 3. The lowest BCUT2D eigenvalue weighted by molar-refractivity contribution is -0.150. The van der Waals surface area contributed by atoms with E-state index in [1.807, 2.05) is 57.2 Å². The van der Waals surface area contributed by atoms with Gasteiger partial charge in [-0.25, -0.2) is 0 Å². The molecule has 0 aliphatic carbocycles. The number of benzene rings is 1. The van der Waals surface area contributed by atoms with Gasteiger partial charge in [0.1, 0.15) is 11.6 Å². The summed E-state index contributed by atoms with van der Waals surface area (Å²) in [4.78, 5) is 47.3. The highest BCUT2D eigenvalue weighted by atomic mass is 35.5. The first kappa shape index (κ1) is 25.9. The molecule has 1 spiro atoms. The van der Waals surface area contributed by atoms with E-state index in [1.54, 1.807) is 15.9 Å². The van der Waals surface area contributed by atoms with Crippen molar-refractivity contribution < 1.29 is 24.2 Å². The maximum absolute atomic E-state index is 14.4. The number of aryl methyl sites for hydroxylation is 1. The smallest absolute Gasteiger partial charge is 0.253 e. The molecule has 1 aromatic rings. The number of β-amino-alcohol motifs (C(OH)–C–C–N with tert-alkyl or cyclic N) is 1. The zero-order chi connectivity index (χ0) is 26.5. The Morgan fingerprint density at radius 2 is 1.78 bits per heavy atom. The number of ether oxygens (including phenoxy) is 1. The Morgan fingerprint density at radius 3 is 2.46 bits per heavy atom. The van der Waals surface area contributed by atoms with Crippen LogP contribution in [0.1, 0.15) is 32.3 Å². The van der Waals surface area contributed by atoms with Crippen LogP contribution < -0.4 is 4.90 Å². The molecule has 5 rings (SSSR count). The third kappa shape index (κ3) is 3.67. The Labute approximate surface area is 222 Å². The fraction of sp³-hybridized carbons (Fsp3) is 0.536. The summed E-state index contributed by atoms with van der Waals surface area (Å²) in [5.74, 6) is -2.46. The highest BCUT2D eigenvalue weighted by Crippen LogP contribution is 2.58. The third-order valence-electron chi connectivity index (χ3n) is 8.32. The van der Waals surface area contributed by atoms with Crippen LogP contribution in [0.15, 0.2) is 42.5 Å². The molecular weight excluding hydrogens is 494 g/mol. The molecule has 2 saturated heterocycles. The zero-order valence-corrected chi connectivity index (χ0v) is 22.3. The molecule has 0 bridgehead atoms. The number of aliphatic hydroxyl groups is 1. The predicted octanol–water partition coefficient (Wildman–Crippen LogP) is 2.71. The Morgan fingerprint density at radius 1 is 1.03 bits per heavy atom. The number of hydrogen-bond acceptors (Lipinski definition) is 5. The number of amides is 3. The van der Waals surface area contributed by atoms with E-state index in [2.05, 4.69) is 0 Å². The highest BCUT2D eigenvalue weighted by Gasteiger charge is 2.75. The van der Waals surface area contributed by atoms with Crippen LogP contribution in [0.4, 0.5) is 5.69 Å². The molecule has 3 amide bonds. The van der Waals surface area contributed by atoms with E-state index in [0.29, 0.717) is 30.2 Å². The van der Waals surface area contributed by atoms with Crippen LogP contribution >= 0.6 is 11.6 Å². The summed E-state index contributed by atoms with van der Waals surface area (Å²) >= 11 is 6.56. The minimum Gasteiger partial charge on any atom is -0.395 e. The SMILES string of the molecule is CCCN1CC=C[C@@]2(CC)O[C@]34C=CCN(c5c(C)cccc5Cl)C(=O)C3N(CCO)C(=O)[C@@H]4[C@H]2C1=O. The number of anilines is 1. The van der Waals surface area contributed by atoms with E-state index in [-0.39, 0.29) is 37.4 Å². The van der Waals surface area contributed by atoms with Crippen molar-refractivity contribution in [2.75, 3.05) is 37.7 Å². The molecule has 2 fully saturated rings. The van der Waals surface area contributed by atoms with Crippen molar-refractivity contribution in [2.24, 2.45) is 11.8 Å². The Kier molecular flexibility index (Phi) is 6.71. The molecule has 4 heterocycles. The Hall–Kier alpha value is -2.68. The van der Waals surface area contributed by atoms with Crippen LogP contribution in [0.5, 0.6) is 0 Å². The number of hydrogen-bond donors (Lipinski definition) is 1. The zero-order valence-electron chi connectivity index (χ0n) is 21.5. The predicted molar refractivity (Wildman–Crippen MR) is 140 cm³/mol. The van der Waals surface area contributed by atoms with E-state index in [0.717, 1.165) is 12.0 Å². The standard InChI is InChI=1S/C28H34ClN3O5/c1-4-13-30-14-7-11-27(5-2)20(24(30)34)21-25(35)32(16-17-33)23-26(36)31(15-8-12-28(21,23)37-27)22-18(3)9-6-10-19(22)29/h6-12,20-21,23,33H,4-5,13-17H2,1-3H3/t20-,21-,23?,27+,28-/m0/s1. The van der Waals surface area contributed by atoms with Gasteiger partial charge >= 0.3 is 0 Å². The van der Waals surface area contributed by atoms with E-state index >= 15 is 0 Å². The van der Waals surface area contributed by atoms with Crippen LogP contribution in [-0.4, -0.2) is 82.7 Å². The fourth-order valence-electron chi connectivity index (χ4n) is 6.79. The molecule has 0 aromatic heterocycles. The first-order chi connectivity index (χ1) is 17.8. The van der Waals surface area contributed by atoms with Crippen LogP contribution in [0.3, 0.4) is 0 Å². The lowest BCUT2D eigenvalue weighted by Gasteiger charge is -2.38. The summed E-state index contributed by atoms with van der Waals surface area (Å²) in [6, 6.07) is 4.40. The molecule has 8 nitrogen and oxygen atoms in total. The van der Waals surface area contributed by atoms with Crippen molar-refractivity contribution in [3.05, 3.63) is 53.1 Å². The van der Waals surface area contributed by atoms with Gasteiger partial charge in [0.2, 0.25) is 11.8 Å². The number of nitrogens with zero attached hydrogens (tertiary/aromatic N) is 3. The number of fused-ring (bicyclic) bond motifs is 2. The summed E-state index contributed by atoms with van der Waals surface area (Å²) in [5, 5.41) is 10.3. The molecule has 0 radical (unpaired) electrons. The van der Waals surface area contributed by atoms with Gasteiger partial charge < -0.3 is 24.5 Å². The molecule has 5 atom stereocenters. The highest BCUT2D eigenvalue weighted by molar-refractivity contribution is 6.34. The second-order valence-electron chi connectivity index (χ2n) is 10.3. The van der Waals surface area contributed by atoms with E-state index in [1.165, 1.54) is 4.90 Å². The molecule has 9 heteroatoms. The third-order valence-corrected chi connectivity index (χ3v) is 8.62. The first-order valence-corrected chi connectivity index (χ1v) is 13.5. The minimum atomic E-state index is -1.34. The first-order valence-electron chi connectivity index (χ1n) is 13.1. The average molecular weight is 528 g/mol. The van der Waals surface area contributed by atoms with Crippen molar-refractivity contribution >= 4 is 35.0 Å². The molecular formula is C28H34ClN3O5. The fourth-order valence-corrected chi connectivity index (χ4v) is 7.12. The maximum Gasteiger partial charge on any atom is 0.253 e. The molecule has 1 aromatic carbocycles. The number of likely N-dealkylation sites (tertiary alicyclic amines) is 1. The molecule has 4 aliphatic heterocycles. The Bertz CT molecular complexity index is 1160. The lowest BCUT2D eigenvalue weighted by atomic mass is 9.73. The summed E-state index contributed by atoms with van der Waals surface area (Å²) in [5.41, 5.74) is -0.943. The summed E-state index contributed by atoms with van der Waals surface area (Å²) in [6.07, 6.45) is 8.81. The van der Waals surface area contributed by atoms with Crippen molar-refractivity contribution in [1.29, 1.82) is 0 Å². The van der Waals surface area contributed by atoms with Crippen LogP contribution in [0, 0.1) is 18.8 Å². The number of para-hydroxylation sites is 1. The topological polar surface area (TPSA) is 90.4 Å². The van der Waals surface area contributed by atoms with Gasteiger partial charge in [-0.05, 0) is 31.4 Å². The van der Waals surface area contributed by atoms with Crippen LogP contribution in [-0.2, 0) is 19.1 Å². The monoisotopic (exact) mass is 527 g/mol. The summed E-state index contributed by atoms with van der Waals surface area (Å²) in [7, 11) is 0. The van der Waals surface area contributed by atoms with Crippen molar-refractivity contribution in [2.45, 2.75) is 50.9 Å². The van der Waals surface area contributed by atoms with Gasteiger partial charge in [0.25, 0.3) is 5.91 Å². The van der Waals surface area contributed by atoms with Crippen LogP contribution in [0.2, 0.25) is 5.02 Å². The quantitative estimate of drug-likeness (QED) is 0.574.